The number of aromatic nitrogens is 2. The number of nitrogens with one attached hydrogen (secondary N) is 1. The summed E-state index contributed by atoms with van der Waals surface area (Å²) < 4.78 is 0. The highest BCUT2D eigenvalue weighted by Gasteiger charge is 2.34. The van der Waals surface area contributed by atoms with Gasteiger partial charge in [-0.05, 0) is 51.1 Å². The molecule has 26 heavy (non-hydrogen) atoms. The van der Waals surface area contributed by atoms with Crippen LogP contribution >= 0.6 is 0 Å². The van der Waals surface area contributed by atoms with Gasteiger partial charge >= 0.3 is 0 Å². The summed E-state index contributed by atoms with van der Waals surface area (Å²) in [6.07, 6.45) is 8.05. The van der Waals surface area contributed by atoms with Crippen LogP contribution in [-0.2, 0) is 4.79 Å². The maximum Gasteiger partial charge on any atom is 0.271 e. The Morgan fingerprint density at radius 3 is 2.42 bits per heavy atom. The van der Waals surface area contributed by atoms with Gasteiger partial charge in [0.1, 0.15) is 5.69 Å². The Bertz CT molecular complexity index is 618. The van der Waals surface area contributed by atoms with Gasteiger partial charge in [0.05, 0.1) is 5.92 Å². The highest BCUT2D eigenvalue weighted by molar-refractivity contribution is 5.92. The third-order valence-corrected chi connectivity index (χ3v) is 6.22. The summed E-state index contributed by atoms with van der Waals surface area (Å²) in [5, 5.41) is 6.63. The summed E-state index contributed by atoms with van der Waals surface area (Å²) in [5.41, 5.74) is 0.567. The van der Waals surface area contributed by atoms with Gasteiger partial charge in [0.2, 0.25) is 5.91 Å². The topological polar surface area (TPSA) is 72.5 Å². The lowest BCUT2D eigenvalue weighted by molar-refractivity contribution is -0.136. The SMILES string of the molecule is O=C(c1ccn[nH]1)N1CCC(N2CCC[C@@H](C(=O)N3CCCC3)C2)CC1. The molecule has 142 valence electrons. The molecule has 0 aromatic carbocycles. The smallest absolute Gasteiger partial charge is 0.271 e. The van der Waals surface area contributed by atoms with Gasteiger partial charge in [-0.15, -0.1) is 0 Å². The van der Waals surface area contributed by atoms with E-state index in [9.17, 15) is 9.59 Å². The monoisotopic (exact) mass is 359 g/mol. The summed E-state index contributed by atoms with van der Waals surface area (Å²) in [4.78, 5) is 31.7. The van der Waals surface area contributed by atoms with E-state index in [1.54, 1.807) is 12.3 Å². The average Bonchev–Trinajstić information content (AvgIpc) is 3.41. The van der Waals surface area contributed by atoms with Crippen LogP contribution in [0.1, 0.15) is 49.0 Å². The fourth-order valence-corrected chi connectivity index (χ4v) is 4.71. The standard InChI is InChI=1S/C19H29N5O2/c25-18(22-9-1-2-10-22)15-4-3-11-24(14-15)16-6-12-23(13-7-16)19(26)17-5-8-20-21-17/h5,8,15-16H,1-4,6-7,9-14H2,(H,20,21)/t15-/m1/s1. The number of aromatic amines is 1. The molecule has 0 spiro atoms. The molecular formula is C19H29N5O2. The Hall–Kier alpha value is -1.89. The van der Waals surface area contributed by atoms with Gasteiger partial charge in [0, 0.05) is 45.0 Å². The molecule has 3 aliphatic rings. The van der Waals surface area contributed by atoms with E-state index in [4.69, 9.17) is 0 Å². The van der Waals surface area contributed by atoms with Gasteiger partial charge in [0.25, 0.3) is 5.91 Å². The van der Waals surface area contributed by atoms with Gasteiger partial charge in [-0.1, -0.05) is 0 Å². The molecule has 0 saturated carbocycles. The lowest BCUT2D eigenvalue weighted by Gasteiger charge is -2.42. The minimum Gasteiger partial charge on any atom is -0.342 e. The van der Waals surface area contributed by atoms with Crippen molar-refractivity contribution in [2.75, 3.05) is 39.3 Å². The van der Waals surface area contributed by atoms with Gasteiger partial charge < -0.3 is 9.80 Å². The van der Waals surface area contributed by atoms with E-state index in [0.29, 0.717) is 17.6 Å². The Morgan fingerprint density at radius 1 is 0.962 bits per heavy atom. The number of amides is 2. The third kappa shape index (κ3) is 3.63. The molecular weight excluding hydrogens is 330 g/mol. The van der Waals surface area contributed by atoms with Crippen LogP contribution in [0.4, 0.5) is 0 Å². The van der Waals surface area contributed by atoms with Crippen LogP contribution in [0.3, 0.4) is 0 Å². The van der Waals surface area contributed by atoms with E-state index >= 15 is 0 Å². The van der Waals surface area contributed by atoms with Crippen molar-refractivity contribution in [1.29, 1.82) is 0 Å². The molecule has 0 bridgehead atoms. The Morgan fingerprint density at radius 2 is 1.73 bits per heavy atom. The summed E-state index contributed by atoms with van der Waals surface area (Å²) in [5.74, 6) is 0.590. The average molecular weight is 359 g/mol. The second-order valence-electron chi connectivity index (χ2n) is 7.86. The number of piperidine rings is 2. The first-order valence-corrected chi connectivity index (χ1v) is 10.0. The van der Waals surface area contributed by atoms with Crippen molar-refractivity contribution in [1.82, 2.24) is 24.9 Å². The van der Waals surface area contributed by atoms with Crippen molar-refractivity contribution in [2.24, 2.45) is 5.92 Å². The first kappa shape index (κ1) is 17.5. The number of hydrogen-bond donors (Lipinski definition) is 1. The highest BCUT2D eigenvalue weighted by Crippen LogP contribution is 2.26. The molecule has 0 aliphatic carbocycles. The van der Waals surface area contributed by atoms with E-state index in [-0.39, 0.29) is 11.8 Å². The van der Waals surface area contributed by atoms with Gasteiger partial charge in [-0.3, -0.25) is 19.6 Å². The number of H-pyrrole nitrogens is 1. The van der Waals surface area contributed by atoms with E-state index in [2.05, 4.69) is 20.0 Å². The van der Waals surface area contributed by atoms with Crippen LogP contribution < -0.4 is 0 Å². The summed E-state index contributed by atoms with van der Waals surface area (Å²) >= 11 is 0. The van der Waals surface area contributed by atoms with Gasteiger partial charge in [-0.2, -0.15) is 5.10 Å². The fourth-order valence-electron chi connectivity index (χ4n) is 4.71. The zero-order chi connectivity index (χ0) is 17.9. The minimum atomic E-state index is 0.0432. The number of rotatable bonds is 3. The van der Waals surface area contributed by atoms with Crippen molar-refractivity contribution >= 4 is 11.8 Å². The molecule has 4 rings (SSSR count). The molecule has 2 amide bonds. The lowest BCUT2D eigenvalue weighted by atomic mass is 9.93. The van der Waals surface area contributed by atoms with E-state index in [0.717, 1.165) is 77.8 Å². The Kier molecular flexibility index (Phi) is 5.24. The zero-order valence-corrected chi connectivity index (χ0v) is 15.4. The van der Waals surface area contributed by atoms with Crippen molar-refractivity contribution in [3.05, 3.63) is 18.0 Å². The number of carbonyl (C=O) groups excluding carboxylic acids is 2. The number of hydrogen-bond acceptors (Lipinski definition) is 4. The van der Waals surface area contributed by atoms with Gasteiger partial charge in [0.15, 0.2) is 0 Å². The predicted octanol–water partition coefficient (Wildman–Crippen LogP) is 1.35. The molecule has 4 heterocycles. The number of nitrogens with zero attached hydrogens (tertiary/aromatic N) is 4. The normalized spacial score (nSPS) is 25.6. The van der Waals surface area contributed by atoms with Crippen LogP contribution in [0, 0.1) is 5.92 Å². The summed E-state index contributed by atoms with van der Waals surface area (Å²) in [6, 6.07) is 2.23. The second kappa shape index (κ2) is 7.78. The number of carbonyl (C=O) groups is 2. The van der Waals surface area contributed by atoms with E-state index < -0.39 is 0 Å². The summed E-state index contributed by atoms with van der Waals surface area (Å²) in [7, 11) is 0. The molecule has 7 nitrogen and oxygen atoms in total. The number of likely N-dealkylation sites (tertiary alicyclic amines) is 3. The molecule has 3 saturated heterocycles. The van der Waals surface area contributed by atoms with Crippen molar-refractivity contribution in [2.45, 2.75) is 44.6 Å². The molecule has 1 atom stereocenters. The maximum absolute atomic E-state index is 12.7. The van der Waals surface area contributed by atoms with E-state index in [1.165, 1.54) is 0 Å². The van der Waals surface area contributed by atoms with Crippen molar-refractivity contribution in [3.8, 4) is 0 Å². The largest absolute Gasteiger partial charge is 0.342 e. The van der Waals surface area contributed by atoms with Crippen LogP contribution in [0.25, 0.3) is 0 Å². The fraction of sp³-hybridized carbons (Fsp3) is 0.737. The minimum absolute atomic E-state index is 0.0432. The predicted molar refractivity (Wildman–Crippen MR) is 97.6 cm³/mol. The molecule has 1 aromatic heterocycles. The van der Waals surface area contributed by atoms with Crippen LogP contribution in [0.5, 0.6) is 0 Å². The van der Waals surface area contributed by atoms with Crippen LogP contribution in [0.15, 0.2) is 12.3 Å². The molecule has 3 fully saturated rings. The first-order chi connectivity index (χ1) is 12.7. The van der Waals surface area contributed by atoms with E-state index in [1.807, 2.05) is 4.90 Å². The quantitative estimate of drug-likeness (QED) is 0.884. The molecule has 3 aliphatic heterocycles. The molecule has 0 unspecified atom stereocenters. The molecule has 0 radical (unpaired) electrons. The Balaban J connectivity index is 1.30. The summed E-state index contributed by atoms with van der Waals surface area (Å²) in [6.45, 7) is 5.44. The molecule has 1 N–H and O–H groups in total. The maximum atomic E-state index is 12.7. The lowest BCUT2D eigenvalue weighted by Crippen LogP contribution is -2.51. The van der Waals surface area contributed by atoms with Crippen molar-refractivity contribution < 1.29 is 9.59 Å². The Labute approximate surface area is 154 Å². The van der Waals surface area contributed by atoms with Crippen molar-refractivity contribution in [3.63, 3.8) is 0 Å². The molecule has 7 heteroatoms. The second-order valence-corrected chi connectivity index (χ2v) is 7.86. The molecule has 1 aromatic rings. The third-order valence-electron chi connectivity index (χ3n) is 6.22. The van der Waals surface area contributed by atoms with Gasteiger partial charge in [-0.25, -0.2) is 0 Å². The zero-order valence-electron chi connectivity index (χ0n) is 15.4. The first-order valence-electron chi connectivity index (χ1n) is 10.0. The van der Waals surface area contributed by atoms with Crippen LogP contribution in [-0.4, -0.2) is 82.0 Å². The van der Waals surface area contributed by atoms with Crippen LogP contribution in [0.2, 0.25) is 0 Å². The highest BCUT2D eigenvalue weighted by atomic mass is 16.2.